The summed E-state index contributed by atoms with van der Waals surface area (Å²) in [6.07, 6.45) is 2.22. The van der Waals surface area contributed by atoms with Crippen molar-refractivity contribution in [1.82, 2.24) is 0 Å². The molecular formula is C11H20O. The molecule has 1 rings (SSSR count). The van der Waals surface area contributed by atoms with Crippen molar-refractivity contribution in [2.45, 2.75) is 34.6 Å². The lowest BCUT2D eigenvalue weighted by molar-refractivity contribution is 0.120. The maximum absolute atomic E-state index is 9.18. The van der Waals surface area contributed by atoms with Gasteiger partial charge in [0.25, 0.3) is 0 Å². The van der Waals surface area contributed by atoms with Crippen LogP contribution in [0.3, 0.4) is 0 Å². The first-order chi connectivity index (χ1) is 5.34. The predicted molar refractivity (Wildman–Crippen MR) is 51.9 cm³/mol. The second-order valence-corrected chi connectivity index (χ2v) is 4.99. The summed E-state index contributed by atoms with van der Waals surface area (Å²) in [5.41, 5.74) is 1.60. The Bertz CT molecular complexity index is 211. The van der Waals surface area contributed by atoms with Gasteiger partial charge in [0.1, 0.15) is 0 Å². The fraction of sp³-hybridized carbons (Fsp3) is 0.818. The minimum atomic E-state index is 0.140. The van der Waals surface area contributed by atoms with Crippen molar-refractivity contribution in [1.29, 1.82) is 0 Å². The zero-order valence-electron chi connectivity index (χ0n) is 8.81. The van der Waals surface area contributed by atoms with Crippen molar-refractivity contribution in [2.75, 3.05) is 6.61 Å². The molecule has 0 fully saturated rings. The molecule has 0 bridgehead atoms. The van der Waals surface area contributed by atoms with E-state index in [1.54, 1.807) is 0 Å². The summed E-state index contributed by atoms with van der Waals surface area (Å²) in [4.78, 5) is 0. The summed E-state index contributed by atoms with van der Waals surface area (Å²) >= 11 is 0. The lowest BCUT2D eigenvalue weighted by Gasteiger charge is -2.40. The van der Waals surface area contributed by atoms with Crippen LogP contribution in [0.2, 0.25) is 0 Å². The van der Waals surface area contributed by atoms with Crippen LogP contribution in [-0.4, -0.2) is 11.7 Å². The highest BCUT2D eigenvalue weighted by atomic mass is 16.3. The molecule has 0 saturated carbocycles. The minimum absolute atomic E-state index is 0.140. The van der Waals surface area contributed by atoms with Gasteiger partial charge in [-0.1, -0.05) is 40.7 Å². The average molecular weight is 168 g/mol. The Morgan fingerprint density at radius 3 is 2.00 bits per heavy atom. The van der Waals surface area contributed by atoms with Gasteiger partial charge in [0.2, 0.25) is 0 Å². The average Bonchev–Trinajstić information content (AvgIpc) is 2.10. The number of hydrogen-bond donors (Lipinski definition) is 1. The van der Waals surface area contributed by atoms with E-state index in [0.29, 0.717) is 5.92 Å². The normalized spacial score (nSPS) is 31.8. The molecule has 1 heteroatoms. The quantitative estimate of drug-likeness (QED) is 0.597. The van der Waals surface area contributed by atoms with Crippen molar-refractivity contribution >= 4 is 0 Å². The third-order valence-electron chi connectivity index (χ3n) is 4.17. The van der Waals surface area contributed by atoms with Crippen LogP contribution in [0.4, 0.5) is 0 Å². The van der Waals surface area contributed by atoms with E-state index in [4.69, 9.17) is 0 Å². The van der Waals surface area contributed by atoms with Gasteiger partial charge in [-0.05, 0) is 22.3 Å². The molecule has 0 aromatic heterocycles. The van der Waals surface area contributed by atoms with Gasteiger partial charge >= 0.3 is 0 Å². The largest absolute Gasteiger partial charge is 0.392 e. The molecule has 0 aliphatic heterocycles. The SMILES string of the molecule is C[C@@H]1C=C(CO)C(C)(C)C1(C)C. The molecule has 1 atom stereocenters. The summed E-state index contributed by atoms with van der Waals surface area (Å²) in [5, 5.41) is 9.18. The molecule has 0 spiro atoms. The third-order valence-corrected chi connectivity index (χ3v) is 4.17. The Morgan fingerprint density at radius 2 is 1.83 bits per heavy atom. The van der Waals surface area contributed by atoms with Crippen LogP contribution in [0.1, 0.15) is 34.6 Å². The summed E-state index contributed by atoms with van der Waals surface area (Å²) in [6.45, 7) is 11.4. The lowest BCUT2D eigenvalue weighted by Crippen LogP contribution is -2.34. The van der Waals surface area contributed by atoms with Crippen LogP contribution >= 0.6 is 0 Å². The van der Waals surface area contributed by atoms with Gasteiger partial charge in [0.15, 0.2) is 0 Å². The molecule has 12 heavy (non-hydrogen) atoms. The highest BCUT2D eigenvalue weighted by Crippen LogP contribution is 2.54. The van der Waals surface area contributed by atoms with E-state index in [9.17, 15) is 5.11 Å². The topological polar surface area (TPSA) is 20.2 Å². The molecule has 1 N–H and O–H groups in total. The van der Waals surface area contributed by atoms with E-state index in [-0.39, 0.29) is 17.4 Å². The first-order valence-electron chi connectivity index (χ1n) is 4.66. The Morgan fingerprint density at radius 1 is 1.33 bits per heavy atom. The van der Waals surface area contributed by atoms with Crippen LogP contribution in [0.25, 0.3) is 0 Å². The zero-order chi connectivity index (χ0) is 9.57. The van der Waals surface area contributed by atoms with Gasteiger partial charge in [0, 0.05) is 0 Å². The van der Waals surface area contributed by atoms with Gasteiger partial charge in [-0.3, -0.25) is 0 Å². The number of rotatable bonds is 1. The van der Waals surface area contributed by atoms with Gasteiger partial charge < -0.3 is 5.11 Å². The maximum Gasteiger partial charge on any atom is 0.0647 e. The van der Waals surface area contributed by atoms with Gasteiger partial charge in [-0.25, -0.2) is 0 Å². The molecule has 0 aromatic carbocycles. The second kappa shape index (κ2) is 2.59. The molecule has 70 valence electrons. The number of aliphatic hydroxyl groups excluding tert-OH is 1. The monoisotopic (exact) mass is 168 g/mol. The lowest BCUT2D eigenvalue weighted by atomic mass is 9.64. The molecule has 0 amide bonds. The Hall–Kier alpha value is -0.300. The van der Waals surface area contributed by atoms with Crippen molar-refractivity contribution in [3.05, 3.63) is 11.6 Å². The fourth-order valence-electron chi connectivity index (χ4n) is 1.95. The minimum Gasteiger partial charge on any atom is -0.392 e. The van der Waals surface area contributed by atoms with Crippen LogP contribution in [-0.2, 0) is 0 Å². The van der Waals surface area contributed by atoms with Gasteiger partial charge in [-0.2, -0.15) is 0 Å². The summed E-state index contributed by atoms with van der Waals surface area (Å²) < 4.78 is 0. The van der Waals surface area contributed by atoms with Crippen molar-refractivity contribution in [3.63, 3.8) is 0 Å². The highest BCUT2D eigenvalue weighted by Gasteiger charge is 2.47. The van der Waals surface area contributed by atoms with Crippen molar-refractivity contribution in [2.24, 2.45) is 16.7 Å². The summed E-state index contributed by atoms with van der Waals surface area (Å²) in [7, 11) is 0. The number of allylic oxidation sites excluding steroid dienone is 1. The van der Waals surface area contributed by atoms with E-state index < -0.39 is 0 Å². The zero-order valence-corrected chi connectivity index (χ0v) is 8.81. The second-order valence-electron chi connectivity index (χ2n) is 4.99. The van der Waals surface area contributed by atoms with Crippen LogP contribution in [0.5, 0.6) is 0 Å². The van der Waals surface area contributed by atoms with Crippen molar-refractivity contribution in [3.8, 4) is 0 Å². The third kappa shape index (κ3) is 1.03. The van der Waals surface area contributed by atoms with Crippen molar-refractivity contribution < 1.29 is 5.11 Å². The highest BCUT2D eigenvalue weighted by molar-refractivity contribution is 5.26. The molecule has 1 nitrogen and oxygen atoms in total. The molecule has 0 heterocycles. The van der Waals surface area contributed by atoms with E-state index in [0.717, 1.165) is 0 Å². The van der Waals surface area contributed by atoms with Crippen LogP contribution in [0, 0.1) is 16.7 Å². The molecule has 0 unspecified atom stereocenters. The summed E-state index contributed by atoms with van der Waals surface area (Å²) in [5.74, 6) is 0.564. The molecule has 0 saturated heterocycles. The smallest absolute Gasteiger partial charge is 0.0647 e. The van der Waals surface area contributed by atoms with Crippen LogP contribution < -0.4 is 0 Å². The molecule has 1 aliphatic carbocycles. The number of aliphatic hydroxyl groups is 1. The Balaban J connectivity index is 3.05. The standard InChI is InChI=1S/C11H20O/c1-8-6-9(7-12)11(4,5)10(8,2)3/h6,8,12H,7H2,1-5H3/t8-/m1/s1. The maximum atomic E-state index is 9.18. The number of hydrogen-bond acceptors (Lipinski definition) is 1. The molecule has 1 aliphatic rings. The fourth-order valence-corrected chi connectivity index (χ4v) is 1.95. The summed E-state index contributed by atoms with van der Waals surface area (Å²) in [6, 6.07) is 0. The van der Waals surface area contributed by atoms with E-state index in [2.05, 4.69) is 40.7 Å². The van der Waals surface area contributed by atoms with E-state index >= 15 is 0 Å². The predicted octanol–water partition coefficient (Wildman–Crippen LogP) is 2.61. The van der Waals surface area contributed by atoms with Crippen LogP contribution in [0.15, 0.2) is 11.6 Å². The van der Waals surface area contributed by atoms with Gasteiger partial charge in [-0.15, -0.1) is 0 Å². The molecule has 0 radical (unpaired) electrons. The first-order valence-corrected chi connectivity index (χ1v) is 4.66. The van der Waals surface area contributed by atoms with Gasteiger partial charge in [0.05, 0.1) is 6.61 Å². The molecular weight excluding hydrogens is 148 g/mol. The Kier molecular flexibility index (Phi) is 2.12. The van der Waals surface area contributed by atoms with E-state index in [1.165, 1.54) is 5.57 Å². The first kappa shape index (κ1) is 9.79. The Labute approximate surface area is 75.5 Å². The molecule has 0 aromatic rings. The van der Waals surface area contributed by atoms with E-state index in [1.807, 2.05) is 0 Å².